The van der Waals surface area contributed by atoms with Gasteiger partial charge in [-0.15, -0.1) is 0 Å². The summed E-state index contributed by atoms with van der Waals surface area (Å²) in [5.74, 6) is -4.27. The van der Waals surface area contributed by atoms with Gasteiger partial charge < -0.3 is 46.7 Å². The molecular weight excluding hydrogens is 698 g/mol. The molecule has 1 aliphatic heterocycles. The van der Waals surface area contributed by atoms with E-state index in [1.165, 1.54) is 12.0 Å². The summed E-state index contributed by atoms with van der Waals surface area (Å²) in [6.45, 7) is 5.98. The number of rotatable bonds is 18. The average molecular weight is 752 g/mol. The summed E-state index contributed by atoms with van der Waals surface area (Å²) in [4.78, 5) is 92.6. The number of unbranched alkanes of at least 4 members (excludes halogenated alkanes) is 1. The molecule has 2 aromatic carbocycles. The number of carbonyl (C=O) groups is 7. The fourth-order valence-corrected chi connectivity index (χ4v) is 5.99. The Balaban J connectivity index is 1.69. The van der Waals surface area contributed by atoms with Gasteiger partial charge in [0.25, 0.3) is 0 Å². The highest BCUT2D eigenvalue weighted by Gasteiger charge is 2.40. The summed E-state index contributed by atoms with van der Waals surface area (Å²) in [5.41, 5.74) is 8.36. The number of nitrogens with zero attached hydrogens (tertiary/aromatic N) is 1. The van der Waals surface area contributed by atoms with E-state index < -0.39 is 78.1 Å². The number of esters is 2. The SMILES string of the molecule is COC(=O)C[C@H](NC(=O)[C@H](CCCCN)NC(=O)Cc1ccc(NC(=O)Nc2ccccc2C)cc1)C(=O)N[C@H](C(=O)N1CCC[C@H]1C(=O)OC)C(C)C. The molecule has 1 heterocycles. The van der Waals surface area contributed by atoms with E-state index >= 15 is 0 Å². The highest BCUT2D eigenvalue weighted by atomic mass is 16.5. The molecule has 2 aromatic rings. The van der Waals surface area contributed by atoms with E-state index in [9.17, 15) is 33.6 Å². The second-order valence-corrected chi connectivity index (χ2v) is 13.5. The van der Waals surface area contributed by atoms with Gasteiger partial charge in [0.15, 0.2) is 0 Å². The highest BCUT2D eigenvalue weighted by Crippen LogP contribution is 2.21. The number of methoxy groups -OCH3 is 2. The Morgan fingerprint density at radius 1 is 0.852 bits per heavy atom. The van der Waals surface area contributed by atoms with Gasteiger partial charge in [0, 0.05) is 17.9 Å². The molecule has 0 aromatic heterocycles. The molecule has 16 nitrogen and oxygen atoms in total. The first-order valence-corrected chi connectivity index (χ1v) is 18.1. The summed E-state index contributed by atoms with van der Waals surface area (Å²) in [6.07, 6.45) is 1.60. The third kappa shape index (κ3) is 12.9. The number of amides is 6. The number of likely N-dealkylation sites (tertiary alicyclic amines) is 1. The van der Waals surface area contributed by atoms with Gasteiger partial charge in [-0.05, 0) is 80.8 Å². The van der Waals surface area contributed by atoms with Crippen molar-refractivity contribution in [2.45, 2.75) is 89.9 Å². The molecule has 1 fully saturated rings. The van der Waals surface area contributed by atoms with Crippen molar-refractivity contribution in [3.63, 3.8) is 0 Å². The zero-order valence-corrected chi connectivity index (χ0v) is 31.6. The normalized spacial score (nSPS) is 15.3. The molecule has 0 saturated carbocycles. The molecule has 294 valence electrons. The third-order valence-corrected chi connectivity index (χ3v) is 9.04. The molecule has 1 saturated heterocycles. The number of para-hydroxylation sites is 1. The van der Waals surface area contributed by atoms with Crippen molar-refractivity contribution in [3.05, 3.63) is 59.7 Å². The maximum absolute atomic E-state index is 13.7. The summed E-state index contributed by atoms with van der Waals surface area (Å²) in [6, 6.07) is 9.18. The maximum atomic E-state index is 13.7. The van der Waals surface area contributed by atoms with Gasteiger partial charge in [-0.3, -0.25) is 24.0 Å². The van der Waals surface area contributed by atoms with Crippen LogP contribution in [0.5, 0.6) is 0 Å². The van der Waals surface area contributed by atoms with Crippen molar-refractivity contribution in [1.82, 2.24) is 20.9 Å². The lowest BCUT2D eigenvalue weighted by Crippen LogP contribution is -2.59. The van der Waals surface area contributed by atoms with Crippen molar-refractivity contribution in [1.29, 1.82) is 0 Å². The standard InChI is InChI=1S/C38H53N7O9/c1-23(2)33(36(50)45-20-10-14-30(45)37(51)54-5)44-35(49)29(22-32(47)53-4)42-34(48)28(13-8-9-19-39)41-31(46)21-25-15-17-26(18-16-25)40-38(52)43-27-12-7-6-11-24(27)3/h6-7,11-12,15-18,23,28-30,33H,8-10,13-14,19-22,39H2,1-5H3,(H,41,46)(H,42,48)(H,44,49)(H2,40,43,52)/t28-,29-,30-,33-/m0/s1. The van der Waals surface area contributed by atoms with Crippen LogP contribution in [0.15, 0.2) is 48.5 Å². The minimum absolute atomic E-state index is 0.0936. The van der Waals surface area contributed by atoms with Gasteiger partial charge in [0.1, 0.15) is 24.2 Å². The van der Waals surface area contributed by atoms with E-state index in [1.807, 2.05) is 25.1 Å². The average Bonchev–Trinajstić information content (AvgIpc) is 3.64. The predicted octanol–water partition coefficient (Wildman–Crippen LogP) is 2.15. The molecular formula is C38H53N7O9. The van der Waals surface area contributed by atoms with Crippen LogP contribution in [0.1, 0.15) is 63.5 Å². The first-order chi connectivity index (χ1) is 25.8. The van der Waals surface area contributed by atoms with Gasteiger partial charge in [0.05, 0.1) is 27.1 Å². The number of aryl methyl sites for hydroxylation is 1. The molecule has 0 aliphatic carbocycles. The zero-order valence-electron chi connectivity index (χ0n) is 31.6. The number of ether oxygens (including phenoxy) is 2. The molecule has 7 N–H and O–H groups in total. The third-order valence-electron chi connectivity index (χ3n) is 9.04. The van der Waals surface area contributed by atoms with Crippen molar-refractivity contribution >= 4 is 53.0 Å². The fourth-order valence-electron chi connectivity index (χ4n) is 5.99. The van der Waals surface area contributed by atoms with Crippen molar-refractivity contribution in [2.24, 2.45) is 11.7 Å². The Morgan fingerprint density at radius 2 is 1.54 bits per heavy atom. The minimum Gasteiger partial charge on any atom is -0.469 e. The molecule has 54 heavy (non-hydrogen) atoms. The van der Waals surface area contributed by atoms with Gasteiger partial charge in [-0.25, -0.2) is 9.59 Å². The van der Waals surface area contributed by atoms with Crippen LogP contribution in [0.2, 0.25) is 0 Å². The monoisotopic (exact) mass is 751 g/mol. The number of nitrogens with one attached hydrogen (secondary N) is 5. The molecule has 0 bridgehead atoms. The minimum atomic E-state index is -1.45. The number of nitrogens with two attached hydrogens (primary N) is 1. The molecule has 3 rings (SSSR count). The van der Waals surface area contributed by atoms with E-state index in [4.69, 9.17) is 15.2 Å². The Bertz CT molecular complexity index is 1630. The number of hydrogen-bond donors (Lipinski definition) is 6. The number of urea groups is 1. The first-order valence-electron chi connectivity index (χ1n) is 18.1. The number of benzene rings is 2. The van der Waals surface area contributed by atoms with E-state index in [0.29, 0.717) is 55.7 Å². The van der Waals surface area contributed by atoms with E-state index in [2.05, 4.69) is 26.6 Å². The van der Waals surface area contributed by atoms with Crippen LogP contribution >= 0.6 is 0 Å². The molecule has 0 spiro atoms. The Hall–Kier alpha value is -5.51. The number of hydrogen-bond acceptors (Lipinski definition) is 10. The first kappa shape index (κ1) is 42.9. The van der Waals surface area contributed by atoms with Crippen LogP contribution in [0.25, 0.3) is 0 Å². The molecule has 6 amide bonds. The van der Waals surface area contributed by atoms with E-state index in [1.54, 1.807) is 44.2 Å². The second kappa shape index (κ2) is 21.3. The Kier molecular flexibility index (Phi) is 16.9. The van der Waals surface area contributed by atoms with Crippen LogP contribution < -0.4 is 32.3 Å². The van der Waals surface area contributed by atoms with Gasteiger partial charge >= 0.3 is 18.0 Å². The van der Waals surface area contributed by atoms with Crippen LogP contribution in [-0.4, -0.2) is 98.0 Å². The maximum Gasteiger partial charge on any atom is 0.328 e. The number of carbonyl (C=O) groups excluding carboxylic acids is 7. The second-order valence-electron chi connectivity index (χ2n) is 13.5. The van der Waals surface area contributed by atoms with Crippen molar-refractivity contribution in [2.75, 3.05) is 37.9 Å². The summed E-state index contributed by atoms with van der Waals surface area (Å²) < 4.78 is 9.63. The summed E-state index contributed by atoms with van der Waals surface area (Å²) in [5, 5.41) is 13.5. The Labute approximate surface area is 315 Å². The predicted molar refractivity (Wildman–Crippen MR) is 201 cm³/mol. The Morgan fingerprint density at radius 3 is 2.17 bits per heavy atom. The van der Waals surface area contributed by atoms with Crippen molar-refractivity contribution in [3.8, 4) is 0 Å². The van der Waals surface area contributed by atoms with Crippen LogP contribution in [0.4, 0.5) is 16.2 Å². The molecule has 1 aliphatic rings. The van der Waals surface area contributed by atoms with Gasteiger partial charge in [-0.2, -0.15) is 0 Å². The molecule has 0 radical (unpaired) electrons. The lowest BCUT2D eigenvalue weighted by molar-refractivity contribution is -0.152. The highest BCUT2D eigenvalue weighted by molar-refractivity contribution is 6.00. The quantitative estimate of drug-likeness (QED) is 0.0961. The molecule has 4 atom stereocenters. The van der Waals surface area contributed by atoms with Crippen molar-refractivity contribution < 1.29 is 43.0 Å². The van der Waals surface area contributed by atoms with Gasteiger partial charge in [-0.1, -0.05) is 44.2 Å². The summed E-state index contributed by atoms with van der Waals surface area (Å²) in [7, 11) is 2.38. The smallest absolute Gasteiger partial charge is 0.328 e. The molecule has 0 unspecified atom stereocenters. The van der Waals surface area contributed by atoms with Crippen LogP contribution in [0.3, 0.4) is 0 Å². The zero-order chi connectivity index (χ0) is 39.8. The van der Waals surface area contributed by atoms with Gasteiger partial charge in [0.2, 0.25) is 23.6 Å². The van der Waals surface area contributed by atoms with E-state index in [-0.39, 0.29) is 12.8 Å². The summed E-state index contributed by atoms with van der Waals surface area (Å²) >= 11 is 0. The fraction of sp³-hybridized carbons (Fsp3) is 0.500. The van der Waals surface area contributed by atoms with Crippen LogP contribution in [0, 0.1) is 12.8 Å². The topological polar surface area (TPSA) is 227 Å². The lowest BCUT2D eigenvalue weighted by Gasteiger charge is -2.31. The van der Waals surface area contributed by atoms with E-state index in [0.717, 1.165) is 12.7 Å². The molecule has 16 heteroatoms. The van der Waals surface area contributed by atoms with Crippen LogP contribution in [-0.2, 0) is 44.7 Å². The number of anilines is 2. The lowest BCUT2D eigenvalue weighted by atomic mass is 10.0. The largest absolute Gasteiger partial charge is 0.469 e.